The summed E-state index contributed by atoms with van der Waals surface area (Å²) in [6.45, 7) is 2.73. The van der Waals surface area contributed by atoms with E-state index < -0.39 is 5.97 Å². The van der Waals surface area contributed by atoms with E-state index in [1.807, 2.05) is 53.1 Å². The predicted octanol–water partition coefficient (Wildman–Crippen LogP) is 3.83. The Kier molecular flexibility index (Phi) is 7.16. The molecule has 0 atom stereocenters. The van der Waals surface area contributed by atoms with Crippen LogP contribution >= 0.6 is 0 Å². The zero-order chi connectivity index (χ0) is 26.5. The second kappa shape index (κ2) is 11.0. The first-order chi connectivity index (χ1) is 18.6. The molecule has 3 aromatic heterocycles. The average molecular weight is 515 g/mol. The molecule has 0 aliphatic rings. The van der Waals surface area contributed by atoms with E-state index in [1.165, 1.54) is 17.1 Å². The quantitative estimate of drug-likeness (QED) is 0.256. The van der Waals surface area contributed by atoms with Gasteiger partial charge < -0.3 is 23.5 Å². The van der Waals surface area contributed by atoms with Crippen molar-refractivity contribution in [1.82, 2.24) is 29.3 Å². The Balaban J connectivity index is 1.55. The van der Waals surface area contributed by atoms with Crippen LogP contribution in [0.25, 0.3) is 17.1 Å². The molecule has 11 nitrogen and oxygen atoms in total. The highest BCUT2D eigenvalue weighted by atomic mass is 16.5. The lowest BCUT2D eigenvalue weighted by Crippen LogP contribution is -2.08. The molecule has 0 saturated heterocycles. The molecule has 5 rings (SSSR count). The fourth-order valence-corrected chi connectivity index (χ4v) is 3.86. The van der Waals surface area contributed by atoms with Crippen LogP contribution < -0.4 is 14.2 Å². The van der Waals surface area contributed by atoms with Crippen molar-refractivity contribution in [1.29, 1.82) is 0 Å². The van der Waals surface area contributed by atoms with Crippen LogP contribution in [0.3, 0.4) is 0 Å². The number of aromatic nitrogens is 6. The Bertz CT molecular complexity index is 1540. The smallest absolute Gasteiger partial charge is 0.341 e. The number of hydrogen-bond donors (Lipinski definition) is 0. The van der Waals surface area contributed by atoms with Gasteiger partial charge in [-0.15, -0.1) is 0 Å². The standard InChI is InChI=1S/C27H26N6O5/c1-4-37-26(34)20-13-29-33(15-20)27-30-24-23(25(31-27)38-16-18-8-6-5-7-9-18)28-17-32(24)14-19-10-21(35-2)12-22(11-19)36-3/h5-13,15,17H,4,14,16H2,1-3H3. The van der Waals surface area contributed by atoms with Crippen LogP contribution in [-0.4, -0.2) is 56.1 Å². The maximum Gasteiger partial charge on any atom is 0.341 e. The molecule has 0 spiro atoms. The molecule has 0 fully saturated rings. The summed E-state index contributed by atoms with van der Waals surface area (Å²) in [6.07, 6.45) is 4.61. The first kappa shape index (κ1) is 24.8. The summed E-state index contributed by atoms with van der Waals surface area (Å²) in [5.41, 5.74) is 3.23. The molecule has 0 saturated carbocycles. The lowest BCUT2D eigenvalue weighted by molar-refractivity contribution is 0.0526. The van der Waals surface area contributed by atoms with Gasteiger partial charge in [0.2, 0.25) is 5.88 Å². The van der Waals surface area contributed by atoms with Gasteiger partial charge in [0.05, 0.1) is 45.5 Å². The molecule has 0 radical (unpaired) electrons. The van der Waals surface area contributed by atoms with Gasteiger partial charge in [-0.1, -0.05) is 30.3 Å². The van der Waals surface area contributed by atoms with Gasteiger partial charge in [-0.25, -0.2) is 14.5 Å². The summed E-state index contributed by atoms with van der Waals surface area (Å²) in [5, 5.41) is 4.27. The second-order valence-corrected chi connectivity index (χ2v) is 8.26. The van der Waals surface area contributed by atoms with Gasteiger partial charge in [-0.3, -0.25) is 0 Å². The van der Waals surface area contributed by atoms with Gasteiger partial charge in [-0.2, -0.15) is 15.1 Å². The molecular weight excluding hydrogens is 488 g/mol. The molecular formula is C27H26N6O5. The maximum absolute atomic E-state index is 12.2. The van der Waals surface area contributed by atoms with Gasteiger partial charge in [0.1, 0.15) is 18.1 Å². The van der Waals surface area contributed by atoms with Crippen molar-refractivity contribution in [3.63, 3.8) is 0 Å². The summed E-state index contributed by atoms with van der Waals surface area (Å²) in [4.78, 5) is 26.0. The Morgan fingerprint density at radius 1 is 0.974 bits per heavy atom. The number of nitrogens with zero attached hydrogens (tertiary/aromatic N) is 6. The molecule has 0 N–H and O–H groups in total. The van der Waals surface area contributed by atoms with Crippen molar-refractivity contribution in [2.24, 2.45) is 0 Å². The van der Waals surface area contributed by atoms with Gasteiger partial charge in [0.15, 0.2) is 11.2 Å². The number of carbonyl (C=O) groups excluding carboxylic acids is 1. The van der Waals surface area contributed by atoms with E-state index >= 15 is 0 Å². The minimum Gasteiger partial charge on any atom is -0.497 e. The number of ether oxygens (including phenoxy) is 4. The maximum atomic E-state index is 12.2. The molecule has 0 unspecified atom stereocenters. The van der Waals surface area contributed by atoms with Crippen LogP contribution in [0.4, 0.5) is 0 Å². The number of fused-ring (bicyclic) bond motifs is 1. The van der Waals surface area contributed by atoms with E-state index in [9.17, 15) is 4.79 Å². The number of benzene rings is 2. The van der Waals surface area contributed by atoms with E-state index in [0.29, 0.717) is 47.3 Å². The lowest BCUT2D eigenvalue weighted by atomic mass is 10.2. The zero-order valence-electron chi connectivity index (χ0n) is 21.2. The highest BCUT2D eigenvalue weighted by molar-refractivity contribution is 5.88. The fourth-order valence-electron chi connectivity index (χ4n) is 3.86. The molecule has 38 heavy (non-hydrogen) atoms. The van der Waals surface area contributed by atoms with Crippen LogP contribution in [0.15, 0.2) is 67.3 Å². The number of carbonyl (C=O) groups is 1. The molecule has 5 aromatic rings. The molecule has 0 bridgehead atoms. The van der Waals surface area contributed by atoms with E-state index in [-0.39, 0.29) is 12.6 Å². The fraction of sp³-hybridized carbons (Fsp3) is 0.222. The number of rotatable bonds is 10. The van der Waals surface area contributed by atoms with Gasteiger partial charge in [0.25, 0.3) is 5.95 Å². The first-order valence-electron chi connectivity index (χ1n) is 11.9. The summed E-state index contributed by atoms with van der Waals surface area (Å²) < 4.78 is 25.3. The topological polar surface area (TPSA) is 115 Å². The SMILES string of the molecule is CCOC(=O)c1cnn(-c2nc(OCc3ccccc3)c3ncn(Cc4cc(OC)cc(OC)c4)c3n2)c1. The summed E-state index contributed by atoms with van der Waals surface area (Å²) in [6, 6.07) is 15.4. The molecule has 0 amide bonds. The Morgan fingerprint density at radius 2 is 1.74 bits per heavy atom. The number of hydrogen-bond acceptors (Lipinski definition) is 9. The third-order valence-corrected chi connectivity index (χ3v) is 5.70. The minimum absolute atomic E-state index is 0.223. The normalized spacial score (nSPS) is 10.9. The molecule has 0 aliphatic carbocycles. The van der Waals surface area contributed by atoms with Gasteiger partial charge in [-0.05, 0) is 30.2 Å². The van der Waals surface area contributed by atoms with E-state index in [1.54, 1.807) is 27.5 Å². The second-order valence-electron chi connectivity index (χ2n) is 8.26. The van der Waals surface area contributed by atoms with E-state index in [2.05, 4.69) is 15.1 Å². The Morgan fingerprint density at radius 3 is 2.45 bits per heavy atom. The van der Waals surface area contributed by atoms with Crippen molar-refractivity contribution < 1.29 is 23.7 Å². The molecule has 2 aromatic carbocycles. The molecule has 3 heterocycles. The van der Waals surface area contributed by atoms with Crippen LogP contribution in [0, 0.1) is 0 Å². The first-order valence-corrected chi connectivity index (χ1v) is 11.9. The van der Waals surface area contributed by atoms with Gasteiger partial charge >= 0.3 is 5.97 Å². The summed E-state index contributed by atoms with van der Waals surface area (Å²) in [5.74, 6) is 1.39. The van der Waals surface area contributed by atoms with E-state index in [4.69, 9.17) is 23.9 Å². The largest absolute Gasteiger partial charge is 0.497 e. The van der Waals surface area contributed by atoms with Crippen molar-refractivity contribution in [2.75, 3.05) is 20.8 Å². The number of imidazole rings is 1. The number of esters is 1. The monoisotopic (exact) mass is 514 g/mol. The van der Waals surface area contributed by atoms with Crippen molar-refractivity contribution in [3.05, 3.63) is 83.9 Å². The minimum atomic E-state index is -0.475. The van der Waals surface area contributed by atoms with Crippen LogP contribution in [-0.2, 0) is 17.9 Å². The molecule has 194 valence electrons. The van der Waals surface area contributed by atoms with Crippen molar-refractivity contribution >= 4 is 17.1 Å². The van der Waals surface area contributed by atoms with Gasteiger partial charge in [0, 0.05) is 12.3 Å². The molecule has 11 heteroatoms. The molecule has 0 aliphatic heterocycles. The average Bonchev–Trinajstić information content (AvgIpc) is 3.60. The Labute approximate surface area is 218 Å². The highest BCUT2D eigenvalue weighted by Crippen LogP contribution is 2.27. The lowest BCUT2D eigenvalue weighted by Gasteiger charge is -2.11. The third-order valence-electron chi connectivity index (χ3n) is 5.70. The van der Waals surface area contributed by atoms with Crippen LogP contribution in [0.5, 0.6) is 17.4 Å². The zero-order valence-corrected chi connectivity index (χ0v) is 21.2. The highest BCUT2D eigenvalue weighted by Gasteiger charge is 2.18. The van der Waals surface area contributed by atoms with Crippen molar-refractivity contribution in [3.8, 4) is 23.3 Å². The predicted molar refractivity (Wildman–Crippen MR) is 138 cm³/mol. The van der Waals surface area contributed by atoms with Crippen molar-refractivity contribution in [2.45, 2.75) is 20.1 Å². The van der Waals surface area contributed by atoms with Crippen LogP contribution in [0.1, 0.15) is 28.4 Å². The summed E-state index contributed by atoms with van der Waals surface area (Å²) in [7, 11) is 3.21. The third kappa shape index (κ3) is 5.26. The van der Waals surface area contributed by atoms with E-state index in [0.717, 1.165) is 11.1 Å². The Hall–Kier alpha value is -4.93. The van der Waals surface area contributed by atoms with Crippen LogP contribution in [0.2, 0.25) is 0 Å². The number of methoxy groups -OCH3 is 2. The summed E-state index contributed by atoms with van der Waals surface area (Å²) >= 11 is 0.